The Bertz CT molecular complexity index is 392. The van der Waals surface area contributed by atoms with Crippen LogP contribution in [0.15, 0.2) is 4.52 Å². The van der Waals surface area contributed by atoms with Gasteiger partial charge in [0.05, 0.1) is 11.4 Å². The fourth-order valence-corrected chi connectivity index (χ4v) is 3.40. The molecule has 1 aliphatic heterocycles. The highest BCUT2D eigenvalue weighted by Crippen LogP contribution is 2.41. The summed E-state index contributed by atoms with van der Waals surface area (Å²) in [6.45, 7) is 5.16. The maximum atomic E-state index is 5.57. The molecule has 5 heteroatoms. The van der Waals surface area contributed by atoms with Crippen LogP contribution in [-0.4, -0.2) is 28.1 Å². The lowest BCUT2D eigenvalue weighted by Gasteiger charge is -2.16. The van der Waals surface area contributed by atoms with Crippen molar-refractivity contribution >= 4 is 11.8 Å². The molecule has 2 heterocycles. The first-order chi connectivity index (χ1) is 8.24. The Morgan fingerprint density at radius 1 is 1.35 bits per heavy atom. The fourth-order valence-electron chi connectivity index (χ4n) is 2.13. The zero-order valence-corrected chi connectivity index (χ0v) is 11.1. The summed E-state index contributed by atoms with van der Waals surface area (Å²) >= 11 is 1.89. The number of ether oxygens (including phenoxy) is 1. The van der Waals surface area contributed by atoms with Gasteiger partial charge in [0.1, 0.15) is 0 Å². The number of aromatic nitrogens is 2. The predicted octanol–water partition coefficient (Wildman–Crippen LogP) is 2.92. The summed E-state index contributed by atoms with van der Waals surface area (Å²) in [6, 6.07) is 0. The Kier molecular flexibility index (Phi) is 3.13. The highest BCUT2D eigenvalue weighted by Gasteiger charge is 2.32. The average molecular weight is 254 g/mol. The summed E-state index contributed by atoms with van der Waals surface area (Å²) in [5.41, 5.74) is 0. The fraction of sp³-hybridized carbons (Fsp3) is 0.833. The van der Waals surface area contributed by atoms with Crippen molar-refractivity contribution in [3.05, 3.63) is 11.7 Å². The zero-order chi connectivity index (χ0) is 11.8. The molecule has 1 saturated carbocycles. The Labute approximate surface area is 105 Å². The first-order valence-corrected chi connectivity index (χ1v) is 7.29. The maximum absolute atomic E-state index is 5.57. The number of hydrogen-bond acceptors (Lipinski definition) is 5. The van der Waals surface area contributed by atoms with Crippen LogP contribution in [0.5, 0.6) is 0 Å². The topological polar surface area (TPSA) is 48.2 Å². The molecule has 0 N–H and O–H groups in total. The molecular formula is C12H18N2O2S. The van der Waals surface area contributed by atoms with E-state index in [1.807, 2.05) is 11.8 Å². The van der Waals surface area contributed by atoms with Crippen LogP contribution in [0, 0.1) is 0 Å². The summed E-state index contributed by atoms with van der Waals surface area (Å²) in [4.78, 5) is 4.50. The van der Waals surface area contributed by atoms with Crippen LogP contribution in [0.4, 0.5) is 0 Å². The van der Waals surface area contributed by atoms with Gasteiger partial charge in [-0.05, 0) is 33.1 Å². The Morgan fingerprint density at radius 3 is 2.82 bits per heavy atom. The molecule has 0 radical (unpaired) electrons. The third kappa shape index (κ3) is 2.50. The first kappa shape index (κ1) is 11.5. The normalized spacial score (nSPS) is 30.7. The van der Waals surface area contributed by atoms with Gasteiger partial charge in [0.2, 0.25) is 5.89 Å². The third-order valence-electron chi connectivity index (χ3n) is 3.43. The molecular weight excluding hydrogens is 236 g/mol. The molecule has 0 spiro atoms. The third-order valence-corrected chi connectivity index (χ3v) is 5.01. The van der Waals surface area contributed by atoms with Crippen molar-refractivity contribution < 1.29 is 9.26 Å². The standard InChI is InChI=1S/C12H18N2O2S/c1-7-10(5-6-15-7)17-8(2)12-13-11(14-16-12)9-3-4-9/h7-10H,3-6H2,1-2H3/t7-,8-,10-/m1/s1. The van der Waals surface area contributed by atoms with Crippen molar-refractivity contribution in [3.63, 3.8) is 0 Å². The molecule has 3 rings (SSSR count). The van der Waals surface area contributed by atoms with Gasteiger partial charge in [0.25, 0.3) is 0 Å². The van der Waals surface area contributed by atoms with Gasteiger partial charge >= 0.3 is 0 Å². The highest BCUT2D eigenvalue weighted by atomic mass is 32.2. The van der Waals surface area contributed by atoms with Gasteiger partial charge in [-0.15, -0.1) is 11.8 Å². The molecule has 3 atom stereocenters. The van der Waals surface area contributed by atoms with E-state index in [9.17, 15) is 0 Å². The summed E-state index contributed by atoms with van der Waals surface area (Å²) in [6.07, 6.45) is 3.90. The molecule has 1 aromatic rings. The van der Waals surface area contributed by atoms with E-state index in [-0.39, 0.29) is 5.25 Å². The molecule has 1 aromatic heterocycles. The monoisotopic (exact) mass is 254 g/mol. The minimum Gasteiger partial charge on any atom is -0.377 e. The van der Waals surface area contributed by atoms with Crippen LogP contribution in [0.1, 0.15) is 56.0 Å². The van der Waals surface area contributed by atoms with Gasteiger partial charge < -0.3 is 9.26 Å². The van der Waals surface area contributed by atoms with E-state index in [0.29, 0.717) is 17.3 Å². The second kappa shape index (κ2) is 4.61. The number of hydrogen-bond donors (Lipinski definition) is 0. The SMILES string of the molecule is C[C@@H](S[C@@H]1CCO[C@@H]1C)c1nc(C2CC2)no1. The molecule has 4 nitrogen and oxygen atoms in total. The second-order valence-corrected chi connectivity index (χ2v) is 6.53. The summed E-state index contributed by atoms with van der Waals surface area (Å²) in [7, 11) is 0. The van der Waals surface area contributed by atoms with E-state index in [4.69, 9.17) is 9.26 Å². The summed E-state index contributed by atoms with van der Waals surface area (Å²) < 4.78 is 10.9. The highest BCUT2D eigenvalue weighted by molar-refractivity contribution is 8.00. The van der Waals surface area contributed by atoms with E-state index >= 15 is 0 Å². The average Bonchev–Trinajstić information content (AvgIpc) is 2.91. The quantitative estimate of drug-likeness (QED) is 0.826. The Hall–Kier alpha value is -0.550. The van der Waals surface area contributed by atoms with Gasteiger partial charge in [0, 0.05) is 17.8 Å². The number of nitrogens with zero attached hydrogens (tertiary/aromatic N) is 2. The molecule has 0 unspecified atom stereocenters. The van der Waals surface area contributed by atoms with Gasteiger partial charge in [-0.25, -0.2) is 0 Å². The van der Waals surface area contributed by atoms with Gasteiger partial charge in [-0.3, -0.25) is 0 Å². The number of thioether (sulfide) groups is 1. The van der Waals surface area contributed by atoms with E-state index < -0.39 is 0 Å². The Balaban J connectivity index is 1.62. The molecule has 1 aliphatic carbocycles. The van der Waals surface area contributed by atoms with Crippen LogP contribution in [-0.2, 0) is 4.74 Å². The van der Waals surface area contributed by atoms with Crippen molar-refractivity contribution in [1.29, 1.82) is 0 Å². The van der Waals surface area contributed by atoms with E-state index in [1.54, 1.807) is 0 Å². The lowest BCUT2D eigenvalue weighted by Crippen LogP contribution is -2.14. The largest absolute Gasteiger partial charge is 0.377 e. The minimum absolute atomic E-state index is 0.268. The summed E-state index contributed by atoms with van der Waals surface area (Å²) in [5.74, 6) is 2.25. The molecule has 17 heavy (non-hydrogen) atoms. The van der Waals surface area contributed by atoms with Crippen molar-refractivity contribution in [2.75, 3.05) is 6.61 Å². The van der Waals surface area contributed by atoms with Gasteiger partial charge in [-0.2, -0.15) is 4.98 Å². The molecule has 2 fully saturated rings. The molecule has 2 aliphatic rings. The first-order valence-electron chi connectivity index (χ1n) is 6.34. The zero-order valence-electron chi connectivity index (χ0n) is 10.3. The van der Waals surface area contributed by atoms with Crippen LogP contribution in [0.2, 0.25) is 0 Å². The maximum Gasteiger partial charge on any atom is 0.239 e. The van der Waals surface area contributed by atoms with Crippen LogP contribution in [0.25, 0.3) is 0 Å². The molecule has 0 bridgehead atoms. The molecule has 0 amide bonds. The molecule has 94 valence electrons. The smallest absolute Gasteiger partial charge is 0.239 e. The van der Waals surface area contributed by atoms with Gasteiger partial charge in [0.15, 0.2) is 5.82 Å². The second-order valence-electron chi connectivity index (χ2n) is 4.95. The van der Waals surface area contributed by atoms with E-state index in [1.165, 1.54) is 12.8 Å². The van der Waals surface area contributed by atoms with Crippen molar-refractivity contribution in [1.82, 2.24) is 10.1 Å². The predicted molar refractivity (Wildman–Crippen MR) is 66.1 cm³/mol. The van der Waals surface area contributed by atoms with Crippen LogP contribution >= 0.6 is 11.8 Å². The van der Waals surface area contributed by atoms with Gasteiger partial charge in [-0.1, -0.05) is 5.16 Å². The van der Waals surface area contributed by atoms with Crippen molar-refractivity contribution in [3.8, 4) is 0 Å². The number of rotatable bonds is 4. The van der Waals surface area contributed by atoms with Crippen molar-refractivity contribution in [2.45, 2.75) is 55.6 Å². The van der Waals surface area contributed by atoms with E-state index in [0.717, 1.165) is 24.7 Å². The Morgan fingerprint density at radius 2 is 2.18 bits per heavy atom. The van der Waals surface area contributed by atoms with Crippen molar-refractivity contribution in [2.24, 2.45) is 0 Å². The lowest BCUT2D eigenvalue weighted by atomic mass is 10.3. The van der Waals surface area contributed by atoms with Crippen LogP contribution < -0.4 is 0 Å². The molecule has 0 aromatic carbocycles. The van der Waals surface area contributed by atoms with Crippen LogP contribution in [0.3, 0.4) is 0 Å². The summed E-state index contributed by atoms with van der Waals surface area (Å²) in [5, 5.41) is 4.89. The lowest BCUT2D eigenvalue weighted by molar-refractivity contribution is 0.127. The minimum atomic E-state index is 0.268. The molecule has 1 saturated heterocycles. The van der Waals surface area contributed by atoms with E-state index in [2.05, 4.69) is 24.0 Å².